The lowest BCUT2D eigenvalue weighted by atomic mass is 9.42. The molecule has 0 aromatic heterocycles. The molecule has 0 aromatic carbocycles. The number of aliphatic hydroxyl groups excluding tert-OH is 7. The fraction of sp³-hybridized carbons (Fsp3) is 1.00. The standard InChI is InChI=1S/C38H66O13/c1-18(2)26(50-34-31(45)30(44)27(51-34)17-49-35-32(47-6)29(43)25(42)16-48-35)8-7-19(3)21-14-23(40)33-37(21,5)12-10-28-36(4)11-9-20(39)13-22(36)24(41)15-38(28,33)46/h18-35,39-46H,7-17H2,1-6H3/t19-,20+,21-,22?,23-,24+,25+,26+,27-,28?,29-,30-,31+,32+,33?,34+,35-,36+,37-,38+/m1/s1. The number of hydrogen-bond acceptors (Lipinski definition) is 13. The molecular weight excluding hydrogens is 664 g/mol. The highest BCUT2D eigenvalue weighted by Gasteiger charge is 2.70. The number of methoxy groups -OCH3 is 1. The minimum absolute atomic E-state index is 0.0371. The first-order chi connectivity index (χ1) is 24.0. The van der Waals surface area contributed by atoms with E-state index in [1.54, 1.807) is 0 Å². The Kier molecular flexibility index (Phi) is 12.0. The van der Waals surface area contributed by atoms with Gasteiger partial charge in [-0.3, -0.25) is 0 Å². The molecule has 3 unspecified atom stereocenters. The zero-order valence-electron chi connectivity index (χ0n) is 31.3. The van der Waals surface area contributed by atoms with Crippen molar-refractivity contribution in [2.24, 2.45) is 46.3 Å². The lowest BCUT2D eigenvalue weighted by Gasteiger charge is -2.66. The van der Waals surface area contributed by atoms with Gasteiger partial charge in [-0.1, -0.05) is 34.6 Å². The predicted octanol–water partition coefficient (Wildman–Crippen LogP) is 1.08. The van der Waals surface area contributed by atoms with Crippen LogP contribution < -0.4 is 0 Å². The first-order valence-corrected chi connectivity index (χ1v) is 19.5. The van der Waals surface area contributed by atoms with E-state index in [2.05, 4.69) is 20.8 Å². The van der Waals surface area contributed by atoms with Crippen LogP contribution in [0.3, 0.4) is 0 Å². The summed E-state index contributed by atoms with van der Waals surface area (Å²) in [6, 6.07) is 0. The van der Waals surface area contributed by atoms with Gasteiger partial charge in [-0.25, -0.2) is 0 Å². The van der Waals surface area contributed by atoms with E-state index in [0.717, 1.165) is 25.7 Å². The van der Waals surface area contributed by atoms with Gasteiger partial charge in [-0.15, -0.1) is 0 Å². The summed E-state index contributed by atoms with van der Waals surface area (Å²) in [6.07, 6.45) is -4.97. The quantitative estimate of drug-likeness (QED) is 0.150. The van der Waals surface area contributed by atoms with Gasteiger partial charge in [-0.2, -0.15) is 0 Å². The molecule has 51 heavy (non-hydrogen) atoms. The number of hydrogen-bond donors (Lipinski definition) is 8. The highest BCUT2D eigenvalue weighted by Crippen LogP contribution is 2.69. The highest BCUT2D eigenvalue weighted by molar-refractivity contribution is 5.20. The van der Waals surface area contributed by atoms with Crippen molar-refractivity contribution in [3.05, 3.63) is 0 Å². The van der Waals surface area contributed by atoms with E-state index in [9.17, 15) is 40.9 Å². The Balaban J connectivity index is 1.07. The number of rotatable bonds is 11. The van der Waals surface area contributed by atoms with Crippen molar-refractivity contribution in [1.82, 2.24) is 0 Å². The molecule has 6 rings (SSSR count). The lowest BCUT2D eigenvalue weighted by Crippen LogP contribution is -2.68. The molecule has 4 aliphatic carbocycles. The normalized spacial score (nSPS) is 52.6. The third-order valence-corrected chi connectivity index (χ3v) is 14.8. The van der Waals surface area contributed by atoms with Gasteiger partial charge < -0.3 is 64.5 Å². The summed E-state index contributed by atoms with van der Waals surface area (Å²) in [4.78, 5) is 0. The lowest BCUT2D eigenvalue weighted by molar-refractivity contribution is -0.285. The first kappa shape index (κ1) is 40.2. The summed E-state index contributed by atoms with van der Waals surface area (Å²) in [7, 11) is 1.37. The van der Waals surface area contributed by atoms with Crippen molar-refractivity contribution in [3.8, 4) is 0 Å². The predicted molar refractivity (Wildman–Crippen MR) is 183 cm³/mol. The minimum atomic E-state index is -1.31. The van der Waals surface area contributed by atoms with Gasteiger partial charge in [0.1, 0.15) is 36.6 Å². The largest absolute Gasteiger partial charge is 0.393 e. The molecule has 0 spiro atoms. The zero-order chi connectivity index (χ0) is 37.2. The minimum Gasteiger partial charge on any atom is -0.393 e. The molecule has 2 heterocycles. The summed E-state index contributed by atoms with van der Waals surface area (Å²) >= 11 is 0. The summed E-state index contributed by atoms with van der Waals surface area (Å²) in [5.74, 6) is -0.0134. The van der Waals surface area contributed by atoms with E-state index in [4.69, 9.17) is 23.7 Å². The van der Waals surface area contributed by atoms with Gasteiger partial charge >= 0.3 is 0 Å². The SMILES string of the molecule is CO[C@@H]1[C@@H](OC[C@H]2O[C@H](O[C@@H](CC[C@@H](C)[C@H]3C[C@@H](O)C4[C@]5(O)C[C@H](O)C6C[C@@H](O)CC[C@]6(C)C5CC[C@@]43C)C(C)C)[C@@H](O)[C@@H]2O)OC[C@H](O)[C@H]1O. The molecule has 8 N–H and O–H groups in total. The van der Waals surface area contributed by atoms with E-state index in [-0.39, 0.29) is 72.1 Å². The molecule has 0 aromatic rings. The Morgan fingerprint density at radius 1 is 0.804 bits per heavy atom. The van der Waals surface area contributed by atoms with Crippen molar-refractivity contribution in [2.45, 2.75) is 172 Å². The van der Waals surface area contributed by atoms with Crippen molar-refractivity contribution >= 4 is 0 Å². The molecule has 6 aliphatic rings. The average molecular weight is 731 g/mol. The van der Waals surface area contributed by atoms with Crippen molar-refractivity contribution in [1.29, 1.82) is 0 Å². The second-order valence-corrected chi connectivity index (χ2v) is 18.1. The number of aliphatic hydroxyl groups is 8. The van der Waals surface area contributed by atoms with E-state index < -0.39 is 73.1 Å². The average Bonchev–Trinajstić information content (AvgIpc) is 3.50. The molecule has 0 amide bonds. The fourth-order valence-corrected chi connectivity index (χ4v) is 12.1. The summed E-state index contributed by atoms with van der Waals surface area (Å²) < 4.78 is 28.8. The zero-order valence-corrected chi connectivity index (χ0v) is 31.3. The van der Waals surface area contributed by atoms with Crippen LogP contribution in [0, 0.1) is 46.3 Å². The molecule has 2 saturated heterocycles. The van der Waals surface area contributed by atoms with Gasteiger partial charge in [0.2, 0.25) is 0 Å². The summed E-state index contributed by atoms with van der Waals surface area (Å²) in [5, 5.41) is 88.0. The molecular formula is C38H66O13. The van der Waals surface area contributed by atoms with E-state index in [1.807, 2.05) is 13.8 Å². The van der Waals surface area contributed by atoms with Gasteiger partial charge in [0.15, 0.2) is 12.6 Å². The Bertz CT molecular complexity index is 1180. The number of fused-ring (bicyclic) bond motifs is 5. The molecule has 4 saturated carbocycles. The smallest absolute Gasteiger partial charge is 0.186 e. The second-order valence-electron chi connectivity index (χ2n) is 18.1. The Hall–Kier alpha value is -0.520. The van der Waals surface area contributed by atoms with Crippen LogP contribution in [0.2, 0.25) is 0 Å². The third kappa shape index (κ3) is 7.08. The van der Waals surface area contributed by atoms with Gasteiger partial charge in [0.05, 0.1) is 43.2 Å². The summed E-state index contributed by atoms with van der Waals surface area (Å²) in [6.45, 7) is 10.4. The van der Waals surface area contributed by atoms with Gasteiger partial charge in [-0.05, 0) is 91.8 Å². The van der Waals surface area contributed by atoms with E-state index in [1.165, 1.54) is 7.11 Å². The first-order valence-electron chi connectivity index (χ1n) is 19.5. The Labute approximate surface area is 302 Å². The fourth-order valence-electron chi connectivity index (χ4n) is 12.1. The maximum atomic E-state index is 12.6. The maximum absolute atomic E-state index is 12.6. The van der Waals surface area contributed by atoms with Crippen molar-refractivity contribution < 1.29 is 64.5 Å². The van der Waals surface area contributed by atoms with E-state index >= 15 is 0 Å². The second kappa shape index (κ2) is 15.2. The molecule has 2 aliphatic heterocycles. The monoisotopic (exact) mass is 730 g/mol. The van der Waals surface area contributed by atoms with E-state index in [0.29, 0.717) is 25.7 Å². The molecule has 0 radical (unpaired) electrons. The van der Waals surface area contributed by atoms with Crippen LogP contribution in [-0.4, -0.2) is 140 Å². The molecule has 0 bridgehead atoms. The molecule has 6 fully saturated rings. The Morgan fingerprint density at radius 2 is 1.51 bits per heavy atom. The maximum Gasteiger partial charge on any atom is 0.186 e. The molecule has 20 atom stereocenters. The highest BCUT2D eigenvalue weighted by atomic mass is 16.7. The van der Waals surface area contributed by atoms with Crippen molar-refractivity contribution in [3.63, 3.8) is 0 Å². The molecule has 13 nitrogen and oxygen atoms in total. The summed E-state index contributed by atoms with van der Waals surface area (Å²) in [5.41, 5.74) is -1.77. The van der Waals surface area contributed by atoms with Gasteiger partial charge in [0, 0.05) is 19.4 Å². The van der Waals surface area contributed by atoms with Crippen LogP contribution in [0.15, 0.2) is 0 Å². The van der Waals surface area contributed by atoms with Crippen LogP contribution in [0.25, 0.3) is 0 Å². The van der Waals surface area contributed by atoms with Crippen LogP contribution >= 0.6 is 0 Å². The molecule has 296 valence electrons. The topological polar surface area (TPSA) is 208 Å². The van der Waals surface area contributed by atoms with Crippen LogP contribution in [0.4, 0.5) is 0 Å². The Morgan fingerprint density at radius 3 is 2.20 bits per heavy atom. The van der Waals surface area contributed by atoms with Crippen molar-refractivity contribution in [2.75, 3.05) is 20.3 Å². The molecule has 13 heteroatoms. The van der Waals surface area contributed by atoms with Crippen LogP contribution in [0.1, 0.15) is 92.4 Å². The van der Waals surface area contributed by atoms with Crippen LogP contribution in [0.5, 0.6) is 0 Å². The third-order valence-electron chi connectivity index (χ3n) is 14.8. The van der Waals surface area contributed by atoms with Gasteiger partial charge in [0.25, 0.3) is 0 Å². The number of ether oxygens (including phenoxy) is 5. The van der Waals surface area contributed by atoms with Crippen LogP contribution in [-0.2, 0) is 23.7 Å².